The minimum atomic E-state index is -3.73. The lowest BCUT2D eigenvalue weighted by molar-refractivity contribution is 0.252. The van der Waals surface area contributed by atoms with Gasteiger partial charge in [-0.2, -0.15) is 0 Å². The summed E-state index contributed by atoms with van der Waals surface area (Å²) in [6.07, 6.45) is 3.05. The first-order chi connectivity index (χ1) is 13.5. The minimum absolute atomic E-state index is 0.116. The molecule has 144 valence electrons. The molecule has 1 atom stereocenters. The number of sulfone groups is 1. The Labute approximate surface area is 168 Å². The van der Waals surface area contributed by atoms with Crippen molar-refractivity contribution in [3.8, 4) is 0 Å². The van der Waals surface area contributed by atoms with Gasteiger partial charge >= 0.3 is 6.03 Å². The molecule has 1 heterocycles. The maximum Gasteiger partial charge on any atom is 0.319 e. The maximum absolute atomic E-state index is 13.1. The molecule has 0 aliphatic rings. The van der Waals surface area contributed by atoms with Crippen LogP contribution in [0.4, 0.5) is 10.5 Å². The van der Waals surface area contributed by atoms with Gasteiger partial charge in [0.25, 0.3) is 0 Å². The Balaban J connectivity index is 1.80. The molecule has 0 aliphatic carbocycles. The summed E-state index contributed by atoms with van der Waals surface area (Å²) in [6, 6.07) is 17.6. The van der Waals surface area contributed by atoms with Gasteiger partial charge in [-0.15, -0.1) is 0 Å². The first kappa shape index (κ1) is 19.9. The van der Waals surface area contributed by atoms with Crippen LogP contribution in [-0.2, 0) is 9.84 Å². The standard InChI is InChI=1S/C20H18ClN3O3S/c21-16-7-4-8-17(12-16)24-20(25)23-14-19(15-6-5-11-22-13-15)28(26,27)18-9-2-1-3-10-18/h1-13,19H,14H2,(H2,23,24,25)/t19-/m0/s1. The molecule has 6 nitrogen and oxygen atoms in total. The second-order valence-electron chi connectivity index (χ2n) is 5.98. The molecule has 0 saturated carbocycles. The summed E-state index contributed by atoms with van der Waals surface area (Å²) >= 11 is 5.91. The van der Waals surface area contributed by atoms with E-state index in [0.717, 1.165) is 0 Å². The van der Waals surface area contributed by atoms with Crippen molar-refractivity contribution in [1.29, 1.82) is 0 Å². The van der Waals surface area contributed by atoms with Gasteiger partial charge in [-0.25, -0.2) is 13.2 Å². The smallest absolute Gasteiger partial charge is 0.319 e. The van der Waals surface area contributed by atoms with Crippen molar-refractivity contribution in [2.75, 3.05) is 11.9 Å². The Morgan fingerprint density at radius 2 is 1.82 bits per heavy atom. The molecule has 8 heteroatoms. The van der Waals surface area contributed by atoms with Gasteiger partial charge in [-0.05, 0) is 42.0 Å². The lowest BCUT2D eigenvalue weighted by Crippen LogP contribution is -2.35. The van der Waals surface area contributed by atoms with E-state index in [-0.39, 0.29) is 11.4 Å². The van der Waals surface area contributed by atoms with E-state index in [9.17, 15) is 13.2 Å². The number of hydrogen-bond acceptors (Lipinski definition) is 4. The molecular formula is C20H18ClN3O3S. The van der Waals surface area contributed by atoms with Gasteiger partial charge in [0.1, 0.15) is 5.25 Å². The van der Waals surface area contributed by atoms with Crippen LogP contribution >= 0.6 is 11.6 Å². The first-order valence-corrected chi connectivity index (χ1v) is 10.4. The Bertz CT molecular complexity index is 1040. The quantitative estimate of drug-likeness (QED) is 0.635. The third-order valence-corrected chi connectivity index (χ3v) is 6.39. The van der Waals surface area contributed by atoms with Crippen molar-refractivity contribution in [3.05, 3.63) is 89.7 Å². The normalized spacial score (nSPS) is 12.2. The highest BCUT2D eigenvalue weighted by Gasteiger charge is 2.29. The van der Waals surface area contributed by atoms with Crippen molar-refractivity contribution >= 4 is 33.2 Å². The van der Waals surface area contributed by atoms with Crippen molar-refractivity contribution < 1.29 is 13.2 Å². The topological polar surface area (TPSA) is 88.2 Å². The van der Waals surface area contributed by atoms with Gasteiger partial charge in [0.15, 0.2) is 9.84 Å². The van der Waals surface area contributed by atoms with Crippen LogP contribution < -0.4 is 10.6 Å². The lowest BCUT2D eigenvalue weighted by Gasteiger charge is -2.19. The van der Waals surface area contributed by atoms with Crippen molar-refractivity contribution in [3.63, 3.8) is 0 Å². The number of hydrogen-bond donors (Lipinski definition) is 2. The van der Waals surface area contributed by atoms with Crippen LogP contribution in [0.25, 0.3) is 0 Å². The Morgan fingerprint density at radius 1 is 1.04 bits per heavy atom. The van der Waals surface area contributed by atoms with Gasteiger partial charge in [0.2, 0.25) is 0 Å². The van der Waals surface area contributed by atoms with Gasteiger partial charge in [0.05, 0.1) is 4.90 Å². The number of nitrogens with one attached hydrogen (secondary N) is 2. The molecule has 3 rings (SSSR count). The molecule has 1 aromatic heterocycles. The van der Waals surface area contributed by atoms with Gasteiger partial charge in [-0.3, -0.25) is 4.98 Å². The fourth-order valence-electron chi connectivity index (χ4n) is 2.67. The highest BCUT2D eigenvalue weighted by Crippen LogP contribution is 2.28. The fourth-order valence-corrected chi connectivity index (χ4v) is 4.53. The van der Waals surface area contributed by atoms with Gasteiger partial charge in [0, 0.05) is 29.6 Å². The molecule has 0 radical (unpaired) electrons. The second-order valence-corrected chi connectivity index (χ2v) is 8.55. The molecular weight excluding hydrogens is 398 g/mol. The van der Waals surface area contributed by atoms with Crippen LogP contribution in [0.3, 0.4) is 0 Å². The van der Waals surface area contributed by atoms with Crippen molar-refractivity contribution in [2.45, 2.75) is 10.1 Å². The molecule has 0 spiro atoms. The first-order valence-electron chi connectivity index (χ1n) is 8.46. The molecule has 28 heavy (non-hydrogen) atoms. The molecule has 2 aromatic carbocycles. The molecule has 0 aliphatic heterocycles. The van der Waals surface area contributed by atoms with Crippen LogP contribution in [0.2, 0.25) is 5.02 Å². The molecule has 0 fully saturated rings. The maximum atomic E-state index is 13.1. The number of carbonyl (C=O) groups excluding carboxylic acids is 1. The summed E-state index contributed by atoms with van der Waals surface area (Å²) < 4.78 is 26.3. The number of rotatable bonds is 6. The number of anilines is 1. The minimum Gasteiger partial charge on any atom is -0.336 e. The van der Waals surface area contributed by atoms with Gasteiger partial charge < -0.3 is 10.6 Å². The molecule has 3 aromatic rings. The van der Waals surface area contributed by atoms with Crippen molar-refractivity contribution in [2.24, 2.45) is 0 Å². The highest BCUT2D eigenvalue weighted by atomic mass is 35.5. The summed E-state index contributed by atoms with van der Waals surface area (Å²) in [5.74, 6) is 0. The highest BCUT2D eigenvalue weighted by molar-refractivity contribution is 7.91. The van der Waals surface area contributed by atoms with Crippen LogP contribution in [0, 0.1) is 0 Å². The number of carbonyl (C=O) groups is 1. The van der Waals surface area contributed by atoms with E-state index >= 15 is 0 Å². The molecule has 0 saturated heterocycles. The number of urea groups is 1. The molecule has 2 N–H and O–H groups in total. The lowest BCUT2D eigenvalue weighted by atomic mass is 10.2. The molecule has 0 bridgehead atoms. The predicted octanol–water partition coefficient (Wildman–Crippen LogP) is 4.07. The number of amides is 2. The average molecular weight is 416 g/mol. The summed E-state index contributed by atoms with van der Waals surface area (Å²) in [6.45, 7) is -0.116. The largest absolute Gasteiger partial charge is 0.336 e. The Hall–Kier alpha value is -2.90. The summed E-state index contributed by atoms with van der Waals surface area (Å²) in [5, 5.41) is 4.77. The third kappa shape index (κ3) is 4.88. The zero-order valence-electron chi connectivity index (χ0n) is 14.7. The van der Waals surface area contributed by atoms with E-state index < -0.39 is 21.1 Å². The second kappa shape index (κ2) is 8.86. The average Bonchev–Trinajstić information content (AvgIpc) is 2.69. The fraction of sp³-hybridized carbons (Fsp3) is 0.100. The van der Waals surface area contributed by atoms with E-state index in [1.54, 1.807) is 60.8 Å². The van der Waals surface area contributed by atoms with E-state index in [1.807, 2.05) is 0 Å². The summed E-state index contributed by atoms with van der Waals surface area (Å²) in [7, 11) is -3.73. The molecule has 2 amide bonds. The Kier molecular flexibility index (Phi) is 6.28. The van der Waals surface area contributed by atoms with E-state index in [4.69, 9.17) is 11.6 Å². The van der Waals surface area contributed by atoms with Crippen LogP contribution in [0.5, 0.6) is 0 Å². The number of pyridine rings is 1. The predicted molar refractivity (Wildman–Crippen MR) is 109 cm³/mol. The zero-order valence-corrected chi connectivity index (χ0v) is 16.3. The SMILES string of the molecule is O=C(NC[C@@H](c1cccnc1)S(=O)(=O)c1ccccc1)Nc1cccc(Cl)c1. The summed E-state index contributed by atoms with van der Waals surface area (Å²) in [4.78, 5) is 16.4. The number of nitrogens with zero attached hydrogens (tertiary/aromatic N) is 1. The van der Waals surface area contributed by atoms with E-state index in [1.165, 1.54) is 18.3 Å². The Morgan fingerprint density at radius 3 is 2.50 bits per heavy atom. The van der Waals surface area contributed by atoms with E-state index in [2.05, 4.69) is 15.6 Å². The monoisotopic (exact) mass is 415 g/mol. The number of aromatic nitrogens is 1. The number of benzene rings is 2. The van der Waals surface area contributed by atoms with Crippen LogP contribution in [-0.4, -0.2) is 26.0 Å². The van der Waals surface area contributed by atoms with Crippen molar-refractivity contribution in [1.82, 2.24) is 10.3 Å². The van der Waals surface area contributed by atoms with Gasteiger partial charge in [-0.1, -0.05) is 41.9 Å². The molecule has 0 unspecified atom stereocenters. The summed E-state index contributed by atoms with van der Waals surface area (Å²) in [5.41, 5.74) is 1.00. The number of halogens is 1. The van der Waals surface area contributed by atoms with Crippen LogP contribution in [0.15, 0.2) is 84.0 Å². The van der Waals surface area contributed by atoms with Crippen LogP contribution in [0.1, 0.15) is 10.8 Å². The third-order valence-electron chi connectivity index (χ3n) is 4.03. The zero-order chi connectivity index (χ0) is 20.0. The van der Waals surface area contributed by atoms with E-state index in [0.29, 0.717) is 16.3 Å².